The van der Waals surface area contributed by atoms with Crippen molar-refractivity contribution in [3.8, 4) is 11.6 Å². The van der Waals surface area contributed by atoms with Crippen LogP contribution in [0.5, 0.6) is 11.6 Å². The summed E-state index contributed by atoms with van der Waals surface area (Å²) in [7, 11) is 0. The van der Waals surface area contributed by atoms with E-state index in [2.05, 4.69) is 15.8 Å². The second-order valence-corrected chi connectivity index (χ2v) is 5.49. The van der Waals surface area contributed by atoms with Crippen molar-refractivity contribution < 1.29 is 19.2 Å². The number of hydrogen-bond donors (Lipinski definition) is 2. The number of aromatic nitrogens is 1. The van der Waals surface area contributed by atoms with Crippen molar-refractivity contribution in [2.24, 2.45) is 0 Å². The number of nitro benzene ring substituents is 1. The van der Waals surface area contributed by atoms with E-state index in [-0.39, 0.29) is 22.7 Å². The third-order valence-electron chi connectivity index (χ3n) is 3.58. The molecule has 0 saturated carbocycles. The minimum Gasteiger partial charge on any atom is -0.438 e. The zero-order chi connectivity index (χ0) is 19.9. The Bertz CT molecular complexity index is 1020. The van der Waals surface area contributed by atoms with Crippen molar-refractivity contribution in [2.45, 2.75) is 0 Å². The molecule has 3 rings (SSSR count). The van der Waals surface area contributed by atoms with Gasteiger partial charge in [0, 0.05) is 23.9 Å². The maximum atomic E-state index is 12.4. The number of hydrazine groups is 1. The van der Waals surface area contributed by atoms with Crippen LogP contribution in [0.2, 0.25) is 0 Å². The third kappa shape index (κ3) is 4.47. The molecule has 2 aromatic carbocycles. The number of ether oxygens (including phenoxy) is 1. The van der Waals surface area contributed by atoms with Crippen LogP contribution in [0.15, 0.2) is 72.9 Å². The number of non-ortho nitro benzene ring substituents is 1. The molecule has 1 heterocycles. The number of rotatable bonds is 5. The van der Waals surface area contributed by atoms with Crippen LogP contribution in [0.1, 0.15) is 20.7 Å². The van der Waals surface area contributed by atoms with Crippen molar-refractivity contribution in [1.82, 2.24) is 15.8 Å². The Kier molecular flexibility index (Phi) is 5.56. The topological polar surface area (TPSA) is 123 Å². The SMILES string of the molecule is O=C(NNC(=O)c1cccnc1Oc1ccccc1)c1cccc([N+](=O)[O-])c1. The lowest BCUT2D eigenvalue weighted by molar-refractivity contribution is -0.384. The second-order valence-electron chi connectivity index (χ2n) is 5.49. The fourth-order valence-electron chi connectivity index (χ4n) is 2.26. The van der Waals surface area contributed by atoms with Gasteiger partial charge < -0.3 is 4.74 Å². The predicted octanol–water partition coefficient (Wildman–Crippen LogP) is 2.86. The van der Waals surface area contributed by atoms with Gasteiger partial charge in [-0.1, -0.05) is 24.3 Å². The average molecular weight is 378 g/mol. The van der Waals surface area contributed by atoms with Gasteiger partial charge in [0.05, 0.1) is 4.92 Å². The van der Waals surface area contributed by atoms with Crippen molar-refractivity contribution in [3.63, 3.8) is 0 Å². The average Bonchev–Trinajstić information content (AvgIpc) is 2.73. The smallest absolute Gasteiger partial charge is 0.275 e. The molecule has 3 aromatic rings. The van der Waals surface area contributed by atoms with Crippen LogP contribution >= 0.6 is 0 Å². The summed E-state index contributed by atoms with van der Waals surface area (Å²) in [6.45, 7) is 0. The summed E-state index contributed by atoms with van der Waals surface area (Å²) in [6, 6.07) is 17.0. The Hall–Kier alpha value is -4.27. The largest absolute Gasteiger partial charge is 0.438 e. The van der Waals surface area contributed by atoms with Crippen molar-refractivity contribution >= 4 is 17.5 Å². The Labute approximate surface area is 159 Å². The van der Waals surface area contributed by atoms with Gasteiger partial charge in [0.1, 0.15) is 11.3 Å². The maximum absolute atomic E-state index is 12.4. The molecule has 0 bridgehead atoms. The first kappa shape index (κ1) is 18.5. The summed E-state index contributed by atoms with van der Waals surface area (Å²) in [4.78, 5) is 38.8. The van der Waals surface area contributed by atoms with E-state index in [0.29, 0.717) is 5.75 Å². The first-order chi connectivity index (χ1) is 13.5. The maximum Gasteiger partial charge on any atom is 0.275 e. The van der Waals surface area contributed by atoms with Gasteiger partial charge in [0.2, 0.25) is 5.88 Å². The quantitative estimate of drug-likeness (QED) is 0.520. The van der Waals surface area contributed by atoms with Crippen molar-refractivity contribution in [2.75, 3.05) is 0 Å². The molecule has 0 aliphatic rings. The van der Waals surface area contributed by atoms with E-state index in [1.54, 1.807) is 30.3 Å². The van der Waals surface area contributed by atoms with Gasteiger partial charge in [-0.2, -0.15) is 0 Å². The number of carbonyl (C=O) groups is 2. The van der Waals surface area contributed by atoms with Gasteiger partial charge >= 0.3 is 0 Å². The zero-order valence-corrected chi connectivity index (χ0v) is 14.4. The van der Waals surface area contributed by atoms with E-state index in [1.807, 2.05) is 6.07 Å². The van der Waals surface area contributed by atoms with E-state index in [1.165, 1.54) is 30.5 Å². The van der Waals surface area contributed by atoms with Gasteiger partial charge in [0.25, 0.3) is 17.5 Å². The molecule has 0 spiro atoms. The minimum absolute atomic E-state index is 0.0291. The van der Waals surface area contributed by atoms with Crippen LogP contribution in [0, 0.1) is 10.1 Å². The number of pyridine rings is 1. The minimum atomic E-state index is -0.702. The molecule has 0 aliphatic carbocycles. The second kappa shape index (κ2) is 8.41. The first-order valence-corrected chi connectivity index (χ1v) is 8.07. The molecule has 0 fully saturated rings. The molecule has 0 unspecified atom stereocenters. The van der Waals surface area contributed by atoms with Gasteiger partial charge in [0.15, 0.2) is 0 Å². The summed E-state index contributed by atoms with van der Waals surface area (Å²) in [5, 5.41) is 10.8. The number of nitrogens with one attached hydrogen (secondary N) is 2. The van der Waals surface area contributed by atoms with Gasteiger partial charge in [-0.25, -0.2) is 4.98 Å². The molecule has 0 atom stereocenters. The lowest BCUT2D eigenvalue weighted by Crippen LogP contribution is -2.41. The lowest BCUT2D eigenvalue weighted by atomic mass is 10.2. The molecule has 2 amide bonds. The molecule has 9 heteroatoms. The molecule has 1 aromatic heterocycles. The highest BCUT2D eigenvalue weighted by atomic mass is 16.6. The van der Waals surface area contributed by atoms with Crippen molar-refractivity contribution in [3.05, 3.63) is 94.2 Å². The first-order valence-electron chi connectivity index (χ1n) is 8.07. The standard InChI is InChI=1S/C19H14N4O5/c24-17(13-6-4-7-14(12-13)23(26)27)21-22-18(25)16-10-5-11-20-19(16)28-15-8-2-1-3-9-15/h1-12H,(H,21,24)(H,22,25). The molecule has 0 radical (unpaired) electrons. The normalized spacial score (nSPS) is 10.0. The fraction of sp³-hybridized carbons (Fsp3) is 0. The molecular weight excluding hydrogens is 364 g/mol. The number of para-hydroxylation sites is 1. The van der Waals surface area contributed by atoms with Crippen LogP contribution in [-0.2, 0) is 0 Å². The van der Waals surface area contributed by atoms with E-state index in [9.17, 15) is 19.7 Å². The zero-order valence-electron chi connectivity index (χ0n) is 14.4. The summed E-state index contributed by atoms with van der Waals surface area (Å²) in [6.07, 6.45) is 1.47. The van der Waals surface area contributed by atoms with Crippen LogP contribution in [-0.4, -0.2) is 21.7 Å². The number of nitro groups is 1. The van der Waals surface area contributed by atoms with E-state index in [4.69, 9.17) is 4.74 Å². The molecular formula is C19H14N4O5. The molecule has 0 aliphatic heterocycles. The van der Waals surface area contributed by atoms with Gasteiger partial charge in [-0.05, 0) is 30.3 Å². The summed E-state index contributed by atoms with van der Waals surface area (Å²) < 4.78 is 5.60. The Morgan fingerprint density at radius 2 is 1.68 bits per heavy atom. The fourth-order valence-corrected chi connectivity index (χ4v) is 2.26. The van der Waals surface area contributed by atoms with Crippen LogP contribution < -0.4 is 15.6 Å². The van der Waals surface area contributed by atoms with Crippen molar-refractivity contribution in [1.29, 1.82) is 0 Å². The highest BCUT2D eigenvalue weighted by molar-refractivity contribution is 6.00. The number of hydrogen-bond acceptors (Lipinski definition) is 6. The number of benzene rings is 2. The summed E-state index contributed by atoms with van der Waals surface area (Å²) >= 11 is 0. The van der Waals surface area contributed by atoms with E-state index >= 15 is 0 Å². The van der Waals surface area contributed by atoms with Crippen LogP contribution in [0.4, 0.5) is 5.69 Å². The monoisotopic (exact) mass is 378 g/mol. The van der Waals surface area contributed by atoms with Crippen LogP contribution in [0.25, 0.3) is 0 Å². The molecule has 9 nitrogen and oxygen atoms in total. The number of nitrogens with zero attached hydrogens (tertiary/aromatic N) is 2. The molecule has 28 heavy (non-hydrogen) atoms. The highest BCUT2D eigenvalue weighted by Crippen LogP contribution is 2.22. The summed E-state index contributed by atoms with van der Waals surface area (Å²) in [5.41, 5.74) is 4.35. The van der Waals surface area contributed by atoms with E-state index in [0.717, 1.165) is 6.07 Å². The van der Waals surface area contributed by atoms with Gasteiger partial charge in [-0.15, -0.1) is 0 Å². The predicted molar refractivity (Wildman–Crippen MR) is 98.8 cm³/mol. The number of carbonyl (C=O) groups excluding carboxylic acids is 2. The lowest BCUT2D eigenvalue weighted by Gasteiger charge is -2.11. The molecule has 0 saturated heterocycles. The van der Waals surface area contributed by atoms with E-state index < -0.39 is 16.7 Å². The Morgan fingerprint density at radius 3 is 2.43 bits per heavy atom. The Morgan fingerprint density at radius 1 is 0.929 bits per heavy atom. The number of amides is 2. The summed E-state index contributed by atoms with van der Waals surface area (Å²) in [5.74, 6) is -0.795. The molecule has 140 valence electrons. The third-order valence-corrected chi connectivity index (χ3v) is 3.58. The molecule has 2 N–H and O–H groups in total. The van der Waals surface area contributed by atoms with Crippen LogP contribution in [0.3, 0.4) is 0 Å². The highest BCUT2D eigenvalue weighted by Gasteiger charge is 2.16. The van der Waals surface area contributed by atoms with Gasteiger partial charge in [-0.3, -0.25) is 30.6 Å². The Balaban J connectivity index is 1.69.